The summed E-state index contributed by atoms with van der Waals surface area (Å²) in [5.74, 6) is 0.961. The van der Waals surface area contributed by atoms with E-state index in [4.69, 9.17) is 5.73 Å². The molecule has 94 valence electrons. The molecule has 0 unspecified atom stereocenters. The number of rotatable bonds is 4. The van der Waals surface area contributed by atoms with E-state index in [1.165, 1.54) is 5.56 Å². The summed E-state index contributed by atoms with van der Waals surface area (Å²) in [6, 6.07) is 14.5. The van der Waals surface area contributed by atoms with Gasteiger partial charge < -0.3 is 10.6 Å². The van der Waals surface area contributed by atoms with Crippen molar-refractivity contribution in [2.45, 2.75) is 19.5 Å². The Morgan fingerprint density at radius 2 is 1.89 bits per heavy atom. The van der Waals surface area contributed by atoms with Crippen molar-refractivity contribution in [3.8, 4) is 0 Å². The number of nitrogens with two attached hydrogens (primary N) is 1. The van der Waals surface area contributed by atoms with Crippen LogP contribution in [0.1, 0.15) is 24.1 Å². The molecule has 0 aliphatic carbocycles. The second-order valence-electron chi connectivity index (χ2n) is 4.58. The lowest BCUT2D eigenvalue weighted by Crippen LogP contribution is -2.17. The van der Waals surface area contributed by atoms with Crippen molar-refractivity contribution in [2.24, 2.45) is 5.73 Å². The van der Waals surface area contributed by atoms with Crippen molar-refractivity contribution < 1.29 is 0 Å². The molecule has 0 amide bonds. The fraction of sp³-hybridized carbons (Fsp3) is 0.267. The van der Waals surface area contributed by atoms with Crippen molar-refractivity contribution in [2.75, 3.05) is 11.9 Å². The summed E-state index contributed by atoms with van der Waals surface area (Å²) in [5, 5.41) is 0. The fourth-order valence-electron chi connectivity index (χ4n) is 1.83. The topological polar surface area (TPSA) is 42.1 Å². The van der Waals surface area contributed by atoms with Crippen LogP contribution in [0.15, 0.2) is 48.7 Å². The second-order valence-corrected chi connectivity index (χ2v) is 4.58. The van der Waals surface area contributed by atoms with Gasteiger partial charge in [-0.15, -0.1) is 0 Å². The molecule has 1 aromatic heterocycles. The lowest BCUT2D eigenvalue weighted by molar-refractivity contribution is 0.807. The second kappa shape index (κ2) is 5.65. The molecule has 0 radical (unpaired) electrons. The summed E-state index contributed by atoms with van der Waals surface area (Å²) in [5.41, 5.74) is 8.15. The Morgan fingerprint density at radius 1 is 1.17 bits per heavy atom. The van der Waals surface area contributed by atoms with E-state index in [-0.39, 0.29) is 6.04 Å². The minimum atomic E-state index is 0.0333. The largest absolute Gasteiger partial charge is 0.355 e. The van der Waals surface area contributed by atoms with Gasteiger partial charge in [-0.05, 0) is 24.1 Å². The molecule has 0 aliphatic heterocycles. The Bertz CT molecular complexity index is 477. The minimum absolute atomic E-state index is 0.0333. The summed E-state index contributed by atoms with van der Waals surface area (Å²) >= 11 is 0. The Kier molecular flexibility index (Phi) is 3.95. The number of pyridine rings is 1. The summed E-state index contributed by atoms with van der Waals surface area (Å²) in [7, 11) is 2.04. The van der Waals surface area contributed by atoms with Gasteiger partial charge >= 0.3 is 0 Å². The number of hydrogen-bond acceptors (Lipinski definition) is 3. The van der Waals surface area contributed by atoms with Crippen LogP contribution in [0.3, 0.4) is 0 Å². The van der Waals surface area contributed by atoms with E-state index in [0.717, 1.165) is 17.9 Å². The van der Waals surface area contributed by atoms with Crippen molar-refractivity contribution in [1.29, 1.82) is 0 Å². The Morgan fingerprint density at radius 3 is 2.44 bits per heavy atom. The molecule has 2 rings (SSSR count). The summed E-state index contributed by atoms with van der Waals surface area (Å²) in [6.45, 7) is 2.82. The molecule has 3 nitrogen and oxygen atoms in total. The Hall–Kier alpha value is -1.87. The zero-order valence-electron chi connectivity index (χ0n) is 10.9. The van der Waals surface area contributed by atoms with Gasteiger partial charge in [0.1, 0.15) is 5.82 Å². The van der Waals surface area contributed by atoms with Crippen LogP contribution in [0.2, 0.25) is 0 Å². The van der Waals surface area contributed by atoms with E-state index in [9.17, 15) is 0 Å². The Labute approximate surface area is 108 Å². The van der Waals surface area contributed by atoms with E-state index in [1.54, 1.807) is 0 Å². The van der Waals surface area contributed by atoms with Gasteiger partial charge in [-0.2, -0.15) is 0 Å². The van der Waals surface area contributed by atoms with E-state index >= 15 is 0 Å². The highest BCUT2D eigenvalue weighted by molar-refractivity contribution is 5.39. The maximum Gasteiger partial charge on any atom is 0.128 e. The van der Waals surface area contributed by atoms with Gasteiger partial charge in [0, 0.05) is 25.8 Å². The van der Waals surface area contributed by atoms with Crippen LogP contribution in [0, 0.1) is 0 Å². The maximum atomic E-state index is 5.81. The van der Waals surface area contributed by atoms with Crippen molar-refractivity contribution >= 4 is 5.82 Å². The van der Waals surface area contributed by atoms with Gasteiger partial charge in [0.15, 0.2) is 0 Å². The highest BCUT2D eigenvalue weighted by Gasteiger charge is 2.05. The van der Waals surface area contributed by atoms with Crippen LogP contribution in [0.4, 0.5) is 5.82 Å². The molecule has 1 aromatic carbocycles. The Balaban J connectivity index is 2.07. The lowest BCUT2D eigenvalue weighted by Gasteiger charge is -2.18. The first-order valence-electron chi connectivity index (χ1n) is 6.13. The van der Waals surface area contributed by atoms with Gasteiger partial charge in [0.05, 0.1) is 0 Å². The molecule has 0 spiro atoms. The van der Waals surface area contributed by atoms with E-state index in [2.05, 4.69) is 34.1 Å². The first-order chi connectivity index (χ1) is 8.66. The lowest BCUT2D eigenvalue weighted by atomic mass is 10.1. The third kappa shape index (κ3) is 3.08. The molecule has 2 N–H and O–H groups in total. The van der Waals surface area contributed by atoms with Gasteiger partial charge in [-0.3, -0.25) is 0 Å². The third-order valence-corrected chi connectivity index (χ3v) is 2.95. The smallest absolute Gasteiger partial charge is 0.128 e. The maximum absolute atomic E-state index is 5.81. The SMILES string of the molecule is C[C@H](N)c1ccc(N(C)Cc2ccccc2)nc1. The molecule has 2 aromatic rings. The molecule has 0 fully saturated rings. The number of nitrogens with zero attached hydrogens (tertiary/aromatic N) is 2. The fourth-order valence-corrected chi connectivity index (χ4v) is 1.83. The highest BCUT2D eigenvalue weighted by atomic mass is 15.2. The summed E-state index contributed by atoms with van der Waals surface area (Å²) in [4.78, 5) is 6.57. The number of hydrogen-bond donors (Lipinski definition) is 1. The normalized spacial score (nSPS) is 12.2. The van der Waals surface area contributed by atoms with Crippen molar-refractivity contribution in [1.82, 2.24) is 4.98 Å². The minimum Gasteiger partial charge on any atom is -0.355 e. The van der Waals surface area contributed by atoms with Crippen LogP contribution >= 0.6 is 0 Å². The number of benzene rings is 1. The van der Waals surface area contributed by atoms with Gasteiger partial charge in [0.2, 0.25) is 0 Å². The van der Waals surface area contributed by atoms with Crippen LogP contribution in [-0.4, -0.2) is 12.0 Å². The first kappa shape index (κ1) is 12.6. The molecule has 18 heavy (non-hydrogen) atoms. The highest BCUT2D eigenvalue weighted by Crippen LogP contribution is 2.15. The molecule has 0 bridgehead atoms. The van der Waals surface area contributed by atoms with E-state index in [0.29, 0.717) is 0 Å². The quantitative estimate of drug-likeness (QED) is 0.895. The zero-order chi connectivity index (χ0) is 13.0. The average molecular weight is 241 g/mol. The van der Waals surface area contributed by atoms with Gasteiger partial charge in [0.25, 0.3) is 0 Å². The summed E-state index contributed by atoms with van der Waals surface area (Å²) in [6.07, 6.45) is 1.85. The molecular weight excluding hydrogens is 222 g/mol. The van der Waals surface area contributed by atoms with E-state index in [1.807, 2.05) is 38.4 Å². The van der Waals surface area contributed by atoms with Crippen LogP contribution in [0.25, 0.3) is 0 Å². The molecule has 3 heteroatoms. The van der Waals surface area contributed by atoms with Gasteiger partial charge in [-0.1, -0.05) is 36.4 Å². The zero-order valence-corrected chi connectivity index (χ0v) is 10.9. The van der Waals surface area contributed by atoms with E-state index < -0.39 is 0 Å². The van der Waals surface area contributed by atoms with Crippen molar-refractivity contribution in [3.63, 3.8) is 0 Å². The molecular formula is C15H19N3. The van der Waals surface area contributed by atoms with Crippen LogP contribution in [0.5, 0.6) is 0 Å². The number of aromatic nitrogens is 1. The van der Waals surface area contributed by atoms with Crippen molar-refractivity contribution in [3.05, 3.63) is 59.8 Å². The molecule has 0 aliphatic rings. The van der Waals surface area contributed by atoms with Crippen LogP contribution < -0.4 is 10.6 Å². The summed E-state index contributed by atoms with van der Waals surface area (Å²) < 4.78 is 0. The average Bonchev–Trinajstić information content (AvgIpc) is 2.40. The molecule has 1 heterocycles. The molecule has 0 saturated heterocycles. The molecule has 0 saturated carbocycles. The monoisotopic (exact) mass is 241 g/mol. The molecule has 1 atom stereocenters. The predicted molar refractivity (Wildman–Crippen MR) is 75.4 cm³/mol. The van der Waals surface area contributed by atoms with Gasteiger partial charge in [-0.25, -0.2) is 4.98 Å². The number of anilines is 1. The third-order valence-electron chi connectivity index (χ3n) is 2.95. The standard InChI is InChI=1S/C15H19N3/c1-12(16)14-8-9-15(17-10-14)18(2)11-13-6-4-3-5-7-13/h3-10,12H,11,16H2,1-2H3/t12-/m0/s1. The van der Waals surface area contributed by atoms with Crippen LogP contribution in [-0.2, 0) is 6.54 Å². The predicted octanol–water partition coefficient (Wildman–Crippen LogP) is 2.74. The first-order valence-corrected chi connectivity index (χ1v) is 6.13.